The van der Waals surface area contributed by atoms with Crippen LogP contribution in [0.3, 0.4) is 0 Å². The minimum atomic E-state index is 0. The zero-order chi connectivity index (χ0) is 0. The summed E-state index contributed by atoms with van der Waals surface area (Å²) in [6.45, 7) is 0. The average molecular weight is 21900 g/mol. The summed E-state index contributed by atoms with van der Waals surface area (Å²) in [6.07, 6.45) is 0. The Morgan fingerprint density at radius 1 is 0.00840 bits per heavy atom. The zero-order valence-electron chi connectivity index (χ0n) is 48.6. The molecule has 0 atom stereocenters. The molecular weight excluding hydrogens is 21900 g/mol. The van der Waals surface area contributed by atoms with Crippen molar-refractivity contribution in [2.45, 2.75) is 0 Å². The van der Waals surface area contributed by atoms with Crippen LogP contribution in [0.5, 0.6) is 0 Å². The second-order valence-electron chi connectivity index (χ2n) is 0. The van der Waals surface area contributed by atoms with E-state index in [4.69, 9.17) is 0 Å². The molecule has 0 radical (unpaired) electrons. The van der Waals surface area contributed by atoms with Crippen LogP contribution >= 0.6 is 0 Å². The normalized spacial score (nSPS) is 0. The second-order valence-corrected chi connectivity index (χ2v) is 0. The van der Waals surface area contributed by atoms with Crippen LogP contribution in [-0.4, -0.2) is 0 Å². The molecule has 0 nitrogen and oxygen atoms in total. The van der Waals surface area contributed by atoms with Crippen LogP contribution in [0.25, 0.3) is 0 Å². The summed E-state index contributed by atoms with van der Waals surface area (Å²) in [6, 6.07) is 0. The van der Waals surface area contributed by atoms with Crippen molar-refractivity contribution in [3.8, 4) is 0 Å². The fourth-order valence-electron chi connectivity index (χ4n) is 0. The zero-order valence-corrected chi connectivity index (χ0v) is 398. The van der Waals surface area contributed by atoms with Gasteiger partial charge in [0.05, 0.1) is 0 Å². The van der Waals surface area contributed by atoms with Crippen LogP contribution in [0.1, 0.15) is 0 Å². The van der Waals surface area contributed by atoms with Crippen LogP contribution in [0, 0.1) is 0 Å². The fraction of sp³-hybridized carbons (Fsp3) is 0. The van der Waals surface area contributed by atoms with E-state index in [1.807, 2.05) is 0 Å². The molecule has 0 rings (SSSR count). The van der Waals surface area contributed by atoms with Gasteiger partial charge in [-0.1, -0.05) is 0 Å². The van der Waals surface area contributed by atoms with Gasteiger partial charge in [-0.05, 0) is 0 Å². The predicted molar refractivity (Wildman–Crippen MR) is 0 cm³/mol. The molecule has 0 aromatic heterocycles. The van der Waals surface area contributed by atoms with Gasteiger partial charge in [0.2, 0.25) is 0 Å². The maximum atomic E-state index is 0. The molecule has 714 valence electrons. The van der Waals surface area contributed by atoms with E-state index in [0.717, 1.165) is 0 Å². The molecule has 0 amide bonds. The summed E-state index contributed by atoms with van der Waals surface area (Å²) >= 11 is 0. The largest absolute Gasteiger partial charge is 0 e. The predicted octanol–water partition coefficient (Wildman–Crippen LogP) is -0.298. The van der Waals surface area contributed by atoms with Crippen molar-refractivity contribution in [1.29, 1.82) is 0 Å². The molecule has 0 saturated heterocycles. The number of hydrogen-bond donors (Lipinski definition) is 0. The molecule has 119 heteroatoms. The molecule has 119 heavy (non-hydrogen) atoms. The van der Waals surface area contributed by atoms with Gasteiger partial charge in [0.15, 0.2) is 0 Å². The van der Waals surface area contributed by atoms with E-state index < -0.39 is 0 Å². The van der Waals surface area contributed by atoms with Gasteiger partial charge in [-0.15, -0.1) is 0 Å². The van der Waals surface area contributed by atoms with Gasteiger partial charge < -0.3 is 0 Å². The molecule has 0 spiro atoms. The summed E-state index contributed by atoms with van der Waals surface area (Å²) in [5.41, 5.74) is 0. The van der Waals surface area contributed by atoms with Gasteiger partial charge >= 0.3 is 0 Å². The van der Waals surface area contributed by atoms with Gasteiger partial charge in [-0.3, -0.25) is 0 Å². The van der Waals surface area contributed by atoms with Gasteiger partial charge in [0.1, 0.15) is 0 Å². The van der Waals surface area contributed by atoms with Crippen molar-refractivity contribution in [1.82, 2.24) is 0 Å². The molecule has 0 unspecified atom stereocenters. The summed E-state index contributed by atoms with van der Waals surface area (Å²) in [4.78, 5) is 0. The van der Waals surface area contributed by atoms with Crippen molar-refractivity contribution in [3.05, 3.63) is 0 Å². The number of hydrogen-bond acceptors (Lipinski definition) is 0. The molecule has 0 aromatic carbocycles. The van der Waals surface area contributed by atoms with E-state index in [1.165, 1.54) is 0 Å². The Balaban J connectivity index is 0. The minimum absolute atomic E-state index is 0. The maximum Gasteiger partial charge on any atom is 0 e. The topological polar surface area (TPSA) is 0 Å². The van der Waals surface area contributed by atoms with Gasteiger partial charge in [0, 0.05) is 2510 Å². The van der Waals surface area contributed by atoms with Crippen LogP contribution in [0.4, 0.5) is 0 Å². The Bertz CT molecular complexity index is 0. The Labute approximate surface area is 2430 Å². The SMILES string of the molecule is [W].[W].[W].[W].[W].[W].[W].[W].[W].[W].[W].[W].[W].[W].[W].[W].[W].[W].[W].[W].[W].[W].[W].[W].[W].[W].[W].[W].[W].[W].[W].[W].[W].[W].[W].[W].[W].[W].[W].[W].[W].[W].[W].[W].[W].[W].[W].[W].[W].[W].[W].[W].[W].[W].[W].[W].[W].[W].[W].[W].[W].[W].[W].[W].[W].[W].[W].[W].[W].[W].[W].[W].[W].[W].[W].[W].[W].[W].[W].[W].[W].[W].[W].[W].[W].[W].[W].[W].[W].[W].[W].[W].[W].[W].[W].[W].[W].[W].[W].[W].[W].[W].[W].[W].[W].[W].[W].[W].[W].[W].[W].[W].[W].[W].[W].[W].[W].[W].[W]. The molecule has 0 bridgehead atoms. The third kappa shape index (κ3) is 1170. The molecule has 0 aliphatic carbocycles. The van der Waals surface area contributed by atoms with E-state index in [0.29, 0.717) is 0 Å². The van der Waals surface area contributed by atoms with Gasteiger partial charge in [-0.2, -0.15) is 0 Å². The van der Waals surface area contributed by atoms with E-state index >= 15 is 0 Å². The maximum absolute atomic E-state index is 0. The van der Waals surface area contributed by atoms with Crippen molar-refractivity contribution in [2.24, 2.45) is 0 Å². The van der Waals surface area contributed by atoms with Crippen molar-refractivity contribution in [2.75, 3.05) is 0 Å². The first-order chi connectivity index (χ1) is 0. The summed E-state index contributed by atoms with van der Waals surface area (Å²) < 4.78 is 0. The summed E-state index contributed by atoms with van der Waals surface area (Å²) in [5.74, 6) is 0. The van der Waals surface area contributed by atoms with Gasteiger partial charge in [-0.25, -0.2) is 0 Å². The first kappa shape index (κ1) is 1200. The molecule has 0 saturated carbocycles. The Hall–Kier alpha value is 81.9. The third-order valence-electron chi connectivity index (χ3n) is 0. The first-order valence-corrected chi connectivity index (χ1v) is 0. The van der Waals surface area contributed by atoms with Crippen molar-refractivity contribution in [3.63, 3.8) is 0 Å². The second kappa shape index (κ2) is 1180. The first-order valence-electron chi connectivity index (χ1n) is 0. The summed E-state index contributed by atoms with van der Waals surface area (Å²) in [7, 11) is 0. The Kier molecular flexibility index (Phi) is 11900. The average Bonchev–Trinajstić information content (AvgIpc) is 0. The van der Waals surface area contributed by atoms with Crippen LogP contribution in [-0.2, 0) is 2510 Å². The molecule has 0 aromatic rings. The quantitative estimate of drug-likeness (QED) is 0.314. The standard InChI is InChI=1S/119W. The van der Waals surface area contributed by atoms with Crippen LogP contribution in [0.2, 0.25) is 0 Å². The minimum Gasteiger partial charge on any atom is 0 e. The summed E-state index contributed by atoms with van der Waals surface area (Å²) in [5, 5.41) is 0. The van der Waals surface area contributed by atoms with E-state index in [9.17, 15) is 0 Å². The molecular formula is W119. The van der Waals surface area contributed by atoms with E-state index in [-0.39, 0.29) is 2510 Å². The monoisotopic (exact) mass is 21900 g/mol. The molecule has 0 heterocycles. The molecule has 0 fully saturated rings. The van der Waals surface area contributed by atoms with Crippen molar-refractivity contribution < 1.29 is 2510 Å². The fourth-order valence-corrected chi connectivity index (χ4v) is 0. The van der Waals surface area contributed by atoms with Gasteiger partial charge in [0.25, 0.3) is 0 Å². The van der Waals surface area contributed by atoms with Crippen LogP contribution in [0.15, 0.2) is 0 Å². The molecule has 0 aliphatic rings. The Morgan fingerprint density at radius 3 is 0.00840 bits per heavy atom. The van der Waals surface area contributed by atoms with Crippen LogP contribution < -0.4 is 0 Å². The number of rotatable bonds is 0. The van der Waals surface area contributed by atoms with Crippen molar-refractivity contribution >= 4 is 0 Å². The molecule has 0 N–H and O–H groups in total. The smallest absolute Gasteiger partial charge is 0 e. The Morgan fingerprint density at radius 2 is 0.00840 bits per heavy atom. The third-order valence-corrected chi connectivity index (χ3v) is 0. The van der Waals surface area contributed by atoms with E-state index in [2.05, 4.69) is 0 Å². The van der Waals surface area contributed by atoms with E-state index in [1.54, 1.807) is 0 Å². The molecule has 0 aliphatic heterocycles.